The normalized spacial score (nSPS) is 15.5. The van der Waals surface area contributed by atoms with Crippen LogP contribution in [0.5, 0.6) is 0 Å². The van der Waals surface area contributed by atoms with Gasteiger partial charge in [0.05, 0.1) is 18.8 Å². The maximum atomic E-state index is 8.85. The molecule has 0 spiro atoms. The zero-order valence-corrected chi connectivity index (χ0v) is 6.92. The van der Waals surface area contributed by atoms with Gasteiger partial charge in [-0.2, -0.15) is 17.0 Å². The molecule has 2 atom stereocenters. The predicted octanol–water partition coefficient (Wildman–Crippen LogP) is -1.08. The molecule has 0 amide bonds. The second-order valence-electron chi connectivity index (χ2n) is 2.11. The van der Waals surface area contributed by atoms with E-state index in [1.165, 1.54) is 11.8 Å². The van der Waals surface area contributed by atoms with Crippen LogP contribution >= 0.6 is 11.8 Å². The van der Waals surface area contributed by atoms with Crippen molar-refractivity contribution in [1.82, 2.24) is 0 Å². The predicted molar refractivity (Wildman–Crippen MR) is 44.0 cm³/mol. The van der Waals surface area contributed by atoms with E-state index in [2.05, 4.69) is 0 Å². The third kappa shape index (κ3) is 6.13. The lowest BCUT2D eigenvalue weighted by atomic mass is 10.4. The molecule has 0 saturated heterocycles. The number of rotatable bonds is 5. The molecule has 5 heteroatoms. The highest BCUT2D eigenvalue weighted by Gasteiger charge is 2.04. The van der Waals surface area contributed by atoms with E-state index >= 15 is 0 Å². The van der Waals surface area contributed by atoms with E-state index in [4.69, 9.17) is 21.2 Å². The first-order chi connectivity index (χ1) is 5.20. The van der Waals surface area contributed by atoms with Crippen molar-refractivity contribution < 1.29 is 10.2 Å². The van der Waals surface area contributed by atoms with Gasteiger partial charge >= 0.3 is 0 Å². The van der Waals surface area contributed by atoms with E-state index in [0.717, 1.165) is 0 Å². The Bertz CT molecular complexity index is 137. The minimum Gasteiger partial charge on any atom is -0.394 e. The highest BCUT2D eigenvalue weighted by atomic mass is 32.2. The lowest BCUT2D eigenvalue weighted by molar-refractivity contribution is 0.113. The molecular weight excluding hydrogens is 164 g/mol. The van der Waals surface area contributed by atoms with E-state index in [0.29, 0.717) is 11.5 Å². The summed E-state index contributed by atoms with van der Waals surface area (Å²) in [5.74, 6) is 0.916. The molecule has 4 N–H and O–H groups in total. The van der Waals surface area contributed by atoms with Crippen LogP contribution in [-0.2, 0) is 0 Å². The Morgan fingerprint density at radius 1 is 1.55 bits per heavy atom. The van der Waals surface area contributed by atoms with Gasteiger partial charge in [0.1, 0.15) is 6.04 Å². The minimum absolute atomic E-state index is 0.241. The molecule has 2 unspecified atom stereocenters. The molecule has 0 fully saturated rings. The number of hydrogen-bond donors (Lipinski definition) is 3. The van der Waals surface area contributed by atoms with E-state index in [1.54, 1.807) is 0 Å². The maximum Gasteiger partial charge on any atom is 0.102 e. The third-order valence-electron chi connectivity index (χ3n) is 0.984. The number of nitrogens with zero attached hydrogens (tertiary/aromatic N) is 1. The number of thioether (sulfide) groups is 1. The van der Waals surface area contributed by atoms with E-state index in [1.807, 2.05) is 6.07 Å². The fourth-order valence-corrected chi connectivity index (χ4v) is 1.26. The Morgan fingerprint density at radius 2 is 2.18 bits per heavy atom. The monoisotopic (exact) mass is 176 g/mol. The molecule has 64 valence electrons. The third-order valence-corrected chi connectivity index (χ3v) is 2.20. The zero-order valence-electron chi connectivity index (χ0n) is 6.10. The van der Waals surface area contributed by atoms with Gasteiger partial charge in [-0.25, -0.2) is 0 Å². The van der Waals surface area contributed by atoms with E-state index in [-0.39, 0.29) is 6.61 Å². The van der Waals surface area contributed by atoms with Crippen molar-refractivity contribution in [3.63, 3.8) is 0 Å². The van der Waals surface area contributed by atoms with Crippen LogP contribution < -0.4 is 5.73 Å². The molecule has 0 saturated carbocycles. The van der Waals surface area contributed by atoms with Gasteiger partial charge in [0.15, 0.2) is 0 Å². The van der Waals surface area contributed by atoms with Crippen molar-refractivity contribution in [1.29, 1.82) is 5.26 Å². The number of nitriles is 1. The molecule has 0 heterocycles. The summed E-state index contributed by atoms with van der Waals surface area (Å²) in [6.45, 7) is -0.241. The van der Waals surface area contributed by atoms with Crippen molar-refractivity contribution in [2.45, 2.75) is 12.1 Å². The van der Waals surface area contributed by atoms with Gasteiger partial charge in [-0.15, -0.1) is 0 Å². The fourth-order valence-electron chi connectivity index (χ4n) is 0.421. The van der Waals surface area contributed by atoms with Crippen molar-refractivity contribution in [2.75, 3.05) is 18.1 Å². The molecule has 0 aromatic heterocycles. The molecular formula is C6H12N2O2S. The highest BCUT2D eigenvalue weighted by Crippen LogP contribution is 2.03. The number of aliphatic hydroxyl groups excluding tert-OH is 2. The summed E-state index contributed by atoms with van der Waals surface area (Å²) in [5.41, 5.74) is 5.27. The Kier molecular flexibility index (Phi) is 6.27. The van der Waals surface area contributed by atoms with Gasteiger partial charge in [0, 0.05) is 11.5 Å². The van der Waals surface area contributed by atoms with Gasteiger partial charge in [-0.1, -0.05) is 0 Å². The fraction of sp³-hybridized carbons (Fsp3) is 0.833. The largest absolute Gasteiger partial charge is 0.394 e. The Balaban J connectivity index is 3.21. The molecule has 0 aliphatic heterocycles. The number of nitrogens with two attached hydrogens (primary N) is 1. The van der Waals surface area contributed by atoms with Gasteiger partial charge in [0.25, 0.3) is 0 Å². The van der Waals surface area contributed by atoms with Gasteiger partial charge in [-0.05, 0) is 0 Å². The lowest BCUT2D eigenvalue weighted by Crippen LogP contribution is -2.22. The van der Waals surface area contributed by atoms with Crippen LogP contribution in [-0.4, -0.2) is 40.5 Å². The number of aliphatic hydroxyl groups is 2. The smallest absolute Gasteiger partial charge is 0.102 e. The molecule has 0 radical (unpaired) electrons. The highest BCUT2D eigenvalue weighted by molar-refractivity contribution is 7.99. The van der Waals surface area contributed by atoms with Crippen LogP contribution in [0.3, 0.4) is 0 Å². The van der Waals surface area contributed by atoms with Crippen LogP contribution in [0, 0.1) is 11.3 Å². The lowest BCUT2D eigenvalue weighted by Gasteiger charge is -2.06. The van der Waals surface area contributed by atoms with E-state index in [9.17, 15) is 0 Å². The summed E-state index contributed by atoms with van der Waals surface area (Å²) in [6.07, 6.45) is -0.703. The second kappa shape index (κ2) is 6.43. The quantitative estimate of drug-likeness (QED) is 0.496. The van der Waals surface area contributed by atoms with E-state index < -0.39 is 12.1 Å². The van der Waals surface area contributed by atoms with Gasteiger partial charge in [-0.3, -0.25) is 0 Å². The summed E-state index contributed by atoms with van der Waals surface area (Å²) in [7, 11) is 0. The summed E-state index contributed by atoms with van der Waals surface area (Å²) in [6, 6.07) is 1.39. The first kappa shape index (κ1) is 10.7. The van der Waals surface area contributed by atoms with Crippen molar-refractivity contribution in [2.24, 2.45) is 5.73 Å². The average Bonchev–Trinajstić information content (AvgIpc) is 2.04. The standard InChI is InChI=1S/C6H12N2O2S/c7-1-5(8)3-11-4-6(10)2-9/h5-6,9-10H,2-4,8H2. The summed E-state index contributed by atoms with van der Waals surface area (Å²) >= 11 is 1.36. The molecule has 4 nitrogen and oxygen atoms in total. The molecule has 0 aromatic carbocycles. The Labute approximate surface area is 70.0 Å². The molecule has 11 heavy (non-hydrogen) atoms. The van der Waals surface area contributed by atoms with Crippen molar-refractivity contribution >= 4 is 11.8 Å². The van der Waals surface area contributed by atoms with Crippen LogP contribution in [0.2, 0.25) is 0 Å². The Hall–Kier alpha value is -0.280. The number of hydrogen-bond acceptors (Lipinski definition) is 5. The topological polar surface area (TPSA) is 90.3 Å². The summed E-state index contributed by atoms with van der Waals surface area (Å²) in [4.78, 5) is 0. The maximum absolute atomic E-state index is 8.85. The van der Waals surface area contributed by atoms with Crippen LogP contribution in [0.4, 0.5) is 0 Å². The summed E-state index contributed by atoms with van der Waals surface area (Å²) < 4.78 is 0. The molecule has 0 rings (SSSR count). The van der Waals surface area contributed by atoms with Crippen LogP contribution in [0.1, 0.15) is 0 Å². The first-order valence-corrected chi connectivity index (χ1v) is 4.38. The first-order valence-electron chi connectivity index (χ1n) is 3.22. The Morgan fingerprint density at radius 3 is 2.64 bits per heavy atom. The van der Waals surface area contributed by atoms with Crippen molar-refractivity contribution in [3.05, 3.63) is 0 Å². The molecule has 0 aliphatic rings. The molecule has 0 aliphatic carbocycles. The molecule has 0 aromatic rings. The zero-order chi connectivity index (χ0) is 8.69. The molecule has 0 bridgehead atoms. The van der Waals surface area contributed by atoms with Gasteiger partial charge < -0.3 is 15.9 Å². The second-order valence-corrected chi connectivity index (χ2v) is 3.18. The SMILES string of the molecule is N#CC(N)CSCC(O)CO. The van der Waals surface area contributed by atoms with Crippen LogP contribution in [0.15, 0.2) is 0 Å². The van der Waals surface area contributed by atoms with Crippen molar-refractivity contribution in [3.8, 4) is 6.07 Å². The minimum atomic E-state index is -0.703. The average molecular weight is 176 g/mol. The van der Waals surface area contributed by atoms with Gasteiger partial charge in [0.2, 0.25) is 0 Å². The van der Waals surface area contributed by atoms with Crippen LogP contribution in [0.25, 0.3) is 0 Å². The summed E-state index contributed by atoms with van der Waals surface area (Å²) in [5, 5.41) is 25.5.